The largest absolute Gasteiger partial charge is 0.399 e. The van der Waals surface area contributed by atoms with Gasteiger partial charge in [-0.25, -0.2) is 0 Å². The van der Waals surface area contributed by atoms with E-state index in [-0.39, 0.29) is 11.7 Å². The number of rotatable bonds is 4. The average molecular weight is 248 g/mol. The zero-order valence-electron chi connectivity index (χ0n) is 11.2. The standard InChI is InChI=1S/C15H24N2O/c1-12(11-16)18-15(8-3-2-4-9-15)13-6-5-7-14(17)10-13/h5-7,10,12H,2-4,8-9,11,16-17H2,1H3. The Morgan fingerprint density at radius 3 is 2.61 bits per heavy atom. The van der Waals surface area contributed by atoms with E-state index in [0.717, 1.165) is 18.5 Å². The van der Waals surface area contributed by atoms with E-state index in [0.29, 0.717) is 6.54 Å². The molecule has 1 aliphatic rings. The van der Waals surface area contributed by atoms with Gasteiger partial charge >= 0.3 is 0 Å². The van der Waals surface area contributed by atoms with Crippen molar-refractivity contribution >= 4 is 5.69 Å². The molecule has 1 fully saturated rings. The number of anilines is 1. The molecule has 3 heteroatoms. The lowest BCUT2D eigenvalue weighted by atomic mass is 9.79. The summed E-state index contributed by atoms with van der Waals surface area (Å²) in [7, 11) is 0. The average Bonchev–Trinajstić information content (AvgIpc) is 2.39. The van der Waals surface area contributed by atoms with Gasteiger partial charge in [-0.1, -0.05) is 31.4 Å². The fraction of sp³-hybridized carbons (Fsp3) is 0.600. The maximum atomic E-state index is 6.29. The summed E-state index contributed by atoms with van der Waals surface area (Å²) in [5, 5.41) is 0. The highest BCUT2D eigenvalue weighted by Gasteiger charge is 2.36. The first-order valence-electron chi connectivity index (χ1n) is 6.90. The minimum absolute atomic E-state index is 0.0875. The predicted molar refractivity (Wildman–Crippen MR) is 75.2 cm³/mol. The maximum Gasteiger partial charge on any atom is 0.0936 e. The molecule has 100 valence electrons. The van der Waals surface area contributed by atoms with E-state index in [4.69, 9.17) is 16.2 Å². The summed E-state index contributed by atoms with van der Waals surface area (Å²) >= 11 is 0. The van der Waals surface area contributed by atoms with Gasteiger partial charge in [0.15, 0.2) is 0 Å². The number of nitrogen functional groups attached to an aromatic ring is 1. The van der Waals surface area contributed by atoms with Crippen LogP contribution in [0.15, 0.2) is 24.3 Å². The first kappa shape index (κ1) is 13.4. The van der Waals surface area contributed by atoms with Crippen LogP contribution in [0.25, 0.3) is 0 Å². The fourth-order valence-electron chi connectivity index (χ4n) is 2.85. The van der Waals surface area contributed by atoms with E-state index < -0.39 is 0 Å². The van der Waals surface area contributed by atoms with Gasteiger partial charge in [0, 0.05) is 12.2 Å². The lowest BCUT2D eigenvalue weighted by Gasteiger charge is -2.40. The topological polar surface area (TPSA) is 61.3 Å². The molecule has 2 rings (SSSR count). The lowest BCUT2D eigenvalue weighted by molar-refractivity contribution is -0.110. The molecule has 1 aromatic carbocycles. The molecular formula is C15H24N2O. The Labute approximate surface area is 110 Å². The molecule has 0 heterocycles. The Morgan fingerprint density at radius 1 is 1.28 bits per heavy atom. The van der Waals surface area contributed by atoms with Crippen LogP contribution in [0.3, 0.4) is 0 Å². The van der Waals surface area contributed by atoms with Crippen molar-refractivity contribution in [3.63, 3.8) is 0 Å². The van der Waals surface area contributed by atoms with Crippen molar-refractivity contribution in [2.75, 3.05) is 12.3 Å². The molecule has 3 nitrogen and oxygen atoms in total. The van der Waals surface area contributed by atoms with E-state index >= 15 is 0 Å². The zero-order chi connectivity index (χ0) is 13.0. The van der Waals surface area contributed by atoms with Gasteiger partial charge in [-0.15, -0.1) is 0 Å². The van der Waals surface area contributed by atoms with E-state index in [9.17, 15) is 0 Å². The first-order valence-corrected chi connectivity index (χ1v) is 6.90. The second-order valence-corrected chi connectivity index (χ2v) is 5.34. The molecule has 1 unspecified atom stereocenters. The van der Waals surface area contributed by atoms with Crippen LogP contribution in [-0.2, 0) is 10.3 Å². The number of hydrogen-bond donors (Lipinski definition) is 2. The lowest BCUT2D eigenvalue weighted by Crippen LogP contribution is -2.38. The van der Waals surface area contributed by atoms with Gasteiger partial charge in [0.1, 0.15) is 0 Å². The van der Waals surface area contributed by atoms with Crippen LogP contribution >= 0.6 is 0 Å². The van der Waals surface area contributed by atoms with Crippen molar-refractivity contribution in [1.29, 1.82) is 0 Å². The molecule has 4 N–H and O–H groups in total. The molecule has 0 saturated heterocycles. The van der Waals surface area contributed by atoms with Crippen molar-refractivity contribution in [2.45, 2.75) is 50.7 Å². The molecule has 1 aliphatic carbocycles. The maximum absolute atomic E-state index is 6.29. The van der Waals surface area contributed by atoms with Crippen LogP contribution in [0.4, 0.5) is 5.69 Å². The van der Waals surface area contributed by atoms with Crippen LogP contribution in [-0.4, -0.2) is 12.6 Å². The first-order chi connectivity index (χ1) is 8.66. The quantitative estimate of drug-likeness (QED) is 0.805. The molecular weight excluding hydrogens is 224 g/mol. The molecule has 18 heavy (non-hydrogen) atoms. The number of benzene rings is 1. The summed E-state index contributed by atoms with van der Waals surface area (Å²) in [5.74, 6) is 0. The second kappa shape index (κ2) is 5.72. The van der Waals surface area contributed by atoms with Gasteiger partial charge in [-0.2, -0.15) is 0 Å². The second-order valence-electron chi connectivity index (χ2n) is 5.34. The summed E-state index contributed by atoms with van der Waals surface area (Å²) in [4.78, 5) is 0. The van der Waals surface area contributed by atoms with Crippen LogP contribution in [0.5, 0.6) is 0 Å². The van der Waals surface area contributed by atoms with E-state index in [2.05, 4.69) is 12.1 Å². The van der Waals surface area contributed by atoms with E-state index in [1.807, 2.05) is 19.1 Å². The van der Waals surface area contributed by atoms with Gasteiger partial charge in [0.2, 0.25) is 0 Å². The minimum atomic E-state index is -0.174. The summed E-state index contributed by atoms with van der Waals surface area (Å²) in [5.41, 5.74) is 13.5. The highest BCUT2D eigenvalue weighted by atomic mass is 16.5. The molecule has 0 spiro atoms. The zero-order valence-corrected chi connectivity index (χ0v) is 11.2. The molecule has 0 aromatic heterocycles. The van der Waals surface area contributed by atoms with E-state index in [1.165, 1.54) is 24.8 Å². The molecule has 1 saturated carbocycles. The van der Waals surface area contributed by atoms with Crippen molar-refractivity contribution in [1.82, 2.24) is 0 Å². The Kier molecular flexibility index (Phi) is 4.25. The molecule has 1 atom stereocenters. The third-order valence-electron chi connectivity index (χ3n) is 3.83. The van der Waals surface area contributed by atoms with Crippen molar-refractivity contribution in [2.24, 2.45) is 5.73 Å². The van der Waals surface area contributed by atoms with Crippen molar-refractivity contribution < 1.29 is 4.74 Å². The summed E-state index contributed by atoms with van der Waals surface area (Å²) in [6, 6.07) is 8.11. The Hall–Kier alpha value is -1.06. The monoisotopic (exact) mass is 248 g/mol. The molecule has 0 radical (unpaired) electrons. The molecule has 0 bridgehead atoms. The van der Waals surface area contributed by atoms with Crippen molar-refractivity contribution in [3.05, 3.63) is 29.8 Å². The summed E-state index contributed by atoms with van der Waals surface area (Å²) in [6.45, 7) is 2.60. The molecule has 1 aromatic rings. The van der Waals surface area contributed by atoms with Crippen LogP contribution < -0.4 is 11.5 Å². The third kappa shape index (κ3) is 2.85. The van der Waals surface area contributed by atoms with E-state index in [1.54, 1.807) is 0 Å². The summed E-state index contributed by atoms with van der Waals surface area (Å²) < 4.78 is 6.29. The fourth-order valence-corrected chi connectivity index (χ4v) is 2.85. The van der Waals surface area contributed by atoms with Gasteiger partial charge in [-0.3, -0.25) is 0 Å². The minimum Gasteiger partial charge on any atom is -0.399 e. The van der Waals surface area contributed by atoms with Crippen molar-refractivity contribution in [3.8, 4) is 0 Å². The molecule has 0 amide bonds. The van der Waals surface area contributed by atoms with Gasteiger partial charge in [-0.05, 0) is 37.5 Å². The highest BCUT2D eigenvalue weighted by Crippen LogP contribution is 2.41. The highest BCUT2D eigenvalue weighted by molar-refractivity contribution is 5.42. The molecule has 0 aliphatic heterocycles. The number of hydrogen-bond acceptors (Lipinski definition) is 3. The Morgan fingerprint density at radius 2 is 2.00 bits per heavy atom. The number of nitrogens with two attached hydrogens (primary N) is 2. The van der Waals surface area contributed by atoms with Gasteiger partial charge in [0.25, 0.3) is 0 Å². The van der Waals surface area contributed by atoms with Crippen LogP contribution in [0.1, 0.15) is 44.6 Å². The normalized spacial score (nSPS) is 20.6. The third-order valence-corrected chi connectivity index (χ3v) is 3.83. The van der Waals surface area contributed by atoms with Gasteiger partial charge in [0.05, 0.1) is 11.7 Å². The smallest absolute Gasteiger partial charge is 0.0936 e. The summed E-state index contributed by atoms with van der Waals surface area (Å²) in [6.07, 6.45) is 5.95. The number of ether oxygens (including phenoxy) is 1. The van der Waals surface area contributed by atoms with Crippen LogP contribution in [0.2, 0.25) is 0 Å². The Bertz CT molecular complexity index is 386. The predicted octanol–water partition coefficient (Wildman–Crippen LogP) is 2.79. The van der Waals surface area contributed by atoms with Gasteiger partial charge < -0.3 is 16.2 Å². The van der Waals surface area contributed by atoms with Crippen LogP contribution in [0, 0.1) is 0 Å². The SMILES string of the molecule is CC(CN)OC1(c2cccc(N)c2)CCCCC1. The Balaban J connectivity index is 2.28.